The molecule has 2 nitrogen and oxygen atoms in total. The molecule has 2 rings (SSSR count). The molecule has 0 N–H and O–H groups in total. The highest BCUT2D eigenvalue weighted by Crippen LogP contribution is 2.37. The summed E-state index contributed by atoms with van der Waals surface area (Å²) in [7, 11) is -0.653. The van der Waals surface area contributed by atoms with Gasteiger partial charge in [-0.2, -0.15) is 0 Å². The van der Waals surface area contributed by atoms with Crippen molar-refractivity contribution in [3.05, 3.63) is 12.2 Å². The van der Waals surface area contributed by atoms with Gasteiger partial charge in [-0.25, -0.2) is 0 Å². The summed E-state index contributed by atoms with van der Waals surface area (Å²) in [6.45, 7) is 1.87. The van der Waals surface area contributed by atoms with Gasteiger partial charge in [-0.1, -0.05) is 12.5 Å². The molecule has 2 atom stereocenters. The minimum absolute atomic E-state index is 0.147. The normalized spacial score (nSPS) is 40.6. The van der Waals surface area contributed by atoms with Crippen LogP contribution in [-0.2, 0) is 15.6 Å². The number of fused-ring (bicyclic) bond motifs is 2. The van der Waals surface area contributed by atoms with E-state index in [9.17, 15) is 9.00 Å². The highest BCUT2D eigenvalue weighted by atomic mass is 32.2. The van der Waals surface area contributed by atoms with E-state index in [1.165, 1.54) is 6.42 Å². The topological polar surface area (TPSA) is 34.1 Å². The summed E-state index contributed by atoms with van der Waals surface area (Å²) >= 11 is 0. The van der Waals surface area contributed by atoms with Gasteiger partial charge in [-0.3, -0.25) is 9.00 Å². The lowest BCUT2D eigenvalue weighted by Gasteiger charge is -2.37. The maximum atomic E-state index is 11.9. The summed E-state index contributed by atoms with van der Waals surface area (Å²) in [6, 6.07) is 0. The molecule has 0 radical (unpaired) electrons. The Kier molecular flexibility index (Phi) is 3.39. The predicted molar refractivity (Wildman–Crippen MR) is 62.1 cm³/mol. The van der Waals surface area contributed by atoms with Crippen LogP contribution >= 0.6 is 0 Å². The predicted octanol–water partition coefficient (Wildman–Crippen LogP) is 2.21. The smallest absolute Gasteiger partial charge is 0.158 e. The Morgan fingerprint density at radius 2 is 1.87 bits per heavy atom. The summed E-state index contributed by atoms with van der Waals surface area (Å²) in [6.07, 6.45) is 8.51. The van der Waals surface area contributed by atoms with Crippen LogP contribution in [0.4, 0.5) is 0 Å². The van der Waals surface area contributed by atoms with Crippen LogP contribution in [0.25, 0.3) is 0 Å². The number of ketones is 1. The van der Waals surface area contributed by atoms with Gasteiger partial charge in [0.25, 0.3) is 0 Å². The van der Waals surface area contributed by atoms with E-state index in [2.05, 4.69) is 0 Å². The molecule has 15 heavy (non-hydrogen) atoms. The maximum Gasteiger partial charge on any atom is 0.158 e. The summed E-state index contributed by atoms with van der Waals surface area (Å²) in [5, 5.41) is 0.605. The van der Waals surface area contributed by atoms with Crippen LogP contribution < -0.4 is 0 Å². The molecule has 0 aromatic heterocycles. The van der Waals surface area contributed by atoms with Crippen LogP contribution in [0, 0.1) is 5.92 Å². The average Bonchev–Trinajstić information content (AvgIpc) is 2.17. The number of carbonyl (C=O) groups excluding carboxylic acids is 1. The van der Waals surface area contributed by atoms with Crippen LogP contribution in [-0.4, -0.2) is 20.5 Å². The monoisotopic (exact) mass is 226 g/mol. The Hall–Kier alpha value is -0.440. The Morgan fingerprint density at radius 1 is 1.27 bits per heavy atom. The fraction of sp³-hybridized carbons (Fsp3) is 0.750. The largest absolute Gasteiger partial charge is 0.295 e. The molecular formula is C12H18O2S. The van der Waals surface area contributed by atoms with Crippen molar-refractivity contribution in [2.75, 3.05) is 0 Å². The second-order valence-electron chi connectivity index (χ2n) is 4.57. The first-order valence-corrected chi connectivity index (χ1v) is 7.06. The number of rotatable bonds is 2. The number of hydrogen-bond acceptors (Lipinski definition) is 2. The first-order chi connectivity index (χ1) is 7.22. The lowest BCUT2D eigenvalue weighted by Crippen LogP contribution is -2.41. The number of hydrogen-bond donors (Lipinski definition) is 0. The zero-order chi connectivity index (χ0) is 10.8. The molecule has 0 aliphatic carbocycles. The van der Waals surface area contributed by atoms with E-state index in [1.54, 1.807) is 6.08 Å². The SMILES string of the molecule is C/C=C\C(=O)C1CC2CCCC(C1)S2=O. The van der Waals surface area contributed by atoms with Crippen LogP contribution in [0.15, 0.2) is 12.2 Å². The Bertz CT molecular complexity index is 293. The van der Waals surface area contributed by atoms with Crippen molar-refractivity contribution >= 4 is 16.6 Å². The van der Waals surface area contributed by atoms with Crippen molar-refractivity contribution in [3.8, 4) is 0 Å². The Labute approximate surface area is 93.6 Å². The van der Waals surface area contributed by atoms with Gasteiger partial charge in [0.15, 0.2) is 5.78 Å². The maximum absolute atomic E-state index is 11.9. The minimum atomic E-state index is -0.653. The van der Waals surface area contributed by atoms with E-state index in [0.717, 1.165) is 25.7 Å². The molecule has 2 fully saturated rings. The molecule has 0 aromatic rings. The van der Waals surface area contributed by atoms with Gasteiger partial charge in [0.05, 0.1) is 0 Å². The van der Waals surface area contributed by atoms with Crippen molar-refractivity contribution < 1.29 is 9.00 Å². The lowest BCUT2D eigenvalue weighted by atomic mass is 9.86. The third-order valence-corrected chi connectivity index (χ3v) is 5.71. The van der Waals surface area contributed by atoms with E-state index >= 15 is 0 Å². The Morgan fingerprint density at radius 3 is 2.40 bits per heavy atom. The van der Waals surface area contributed by atoms with Crippen molar-refractivity contribution in [1.82, 2.24) is 0 Å². The fourth-order valence-electron chi connectivity index (χ4n) is 2.77. The summed E-state index contributed by atoms with van der Waals surface area (Å²) in [5.74, 6) is 0.389. The number of carbonyl (C=O) groups is 1. The molecule has 2 aliphatic rings. The Balaban J connectivity index is 2.07. The first kappa shape index (κ1) is 11.1. The molecular weight excluding hydrogens is 208 g/mol. The van der Waals surface area contributed by atoms with Crippen LogP contribution in [0.1, 0.15) is 39.0 Å². The molecule has 2 saturated heterocycles. The molecule has 0 saturated carbocycles. The third kappa shape index (κ3) is 2.22. The van der Waals surface area contributed by atoms with Crippen LogP contribution in [0.3, 0.4) is 0 Å². The van der Waals surface area contributed by atoms with Crippen molar-refractivity contribution in [1.29, 1.82) is 0 Å². The van der Waals surface area contributed by atoms with E-state index < -0.39 is 10.8 Å². The molecule has 2 heterocycles. The van der Waals surface area contributed by atoms with Gasteiger partial charge in [0.2, 0.25) is 0 Å². The average molecular weight is 226 g/mol. The quantitative estimate of drug-likeness (QED) is 0.677. The molecule has 0 spiro atoms. The molecule has 0 aromatic carbocycles. The zero-order valence-corrected chi connectivity index (χ0v) is 9.96. The zero-order valence-electron chi connectivity index (χ0n) is 9.15. The highest BCUT2D eigenvalue weighted by Gasteiger charge is 2.39. The van der Waals surface area contributed by atoms with Gasteiger partial charge in [0.1, 0.15) is 0 Å². The standard InChI is InChI=1S/C12H18O2S/c1-2-4-12(13)9-7-10-5-3-6-11(8-9)15(10)14/h2,4,9-11H,3,5-8H2,1H3/b4-2-. The molecule has 2 aliphatic heterocycles. The van der Waals surface area contributed by atoms with Crippen molar-refractivity contribution in [3.63, 3.8) is 0 Å². The molecule has 3 heteroatoms. The van der Waals surface area contributed by atoms with E-state index in [4.69, 9.17) is 0 Å². The van der Waals surface area contributed by atoms with Gasteiger partial charge in [-0.05, 0) is 38.7 Å². The van der Waals surface area contributed by atoms with Gasteiger partial charge in [0, 0.05) is 27.2 Å². The second kappa shape index (κ2) is 4.60. The lowest BCUT2D eigenvalue weighted by molar-refractivity contribution is -0.118. The highest BCUT2D eigenvalue weighted by molar-refractivity contribution is 7.86. The van der Waals surface area contributed by atoms with Gasteiger partial charge in [-0.15, -0.1) is 0 Å². The second-order valence-corrected chi connectivity index (χ2v) is 6.56. The molecule has 2 bridgehead atoms. The van der Waals surface area contributed by atoms with Crippen LogP contribution in [0.2, 0.25) is 0 Å². The van der Waals surface area contributed by atoms with Gasteiger partial charge >= 0.3 is 0 Å². The molecule has 2 unspecified atom stereocenters. The van der Waals surface area contributed by atoms with E-state index in [-0.39, 0.29) is 11.7 Å². The third-order valence-electron chi connectivity index (χ3n) is 3.54. The molecule has 0 amide bonds. The minimum Gasteiger partial charge on any atom is -0.295 e. The van der Waals surface area contributed by atoms with Gasteiger partial charge < -0.3 is 0 Å². The summed E-state index contributed by atoms with van der Waals surface area (Å²) in [5.41, 5.74) is 0. The first-order valence-electron chi connectivity index (χ1n) is 5.78. The molecule has 84 valence electrons. The summed E-state index contributed by atoms with van der Waals surface area (Å²) in [4.78, 5) is 11.8. The fourth-order valence-corrected chi connectivity index (χ4v) is 4.95. The van der Waals surface area contributed by atoms with Crippen molar-refractivity contribution in [2.24, 2.45) is 5.92 Å². The van der Waals surface area contributed by atoms with E-state index in [1.807, 2.05) is 13.0 Å². The van der Waals surface area contributed by atoms with Crippen molar-refractivity contribution in [2.45, 2.75) is 49.5 Å². The number of allylic oxidation sites excluding steroid dienone is 2. The van der Waals surface area contributed by atoms with E-state index in [0.29, 0.717) is 10.5 Å². The summed E-state index contributed by atoms with van der Waals surface area (Å²) < 4.78 is 11.9. The van der Waals surface area contributed by atoms with Crippen LogP contribution in [0.5, 0.6) is 0 Å².